The minimum atomic E-state index is -0.322. The summed E-state index contributed by atoms with van der Waals surface area (Å²) in [6.45, 7) is 13.0. The quantitative estimate of drug-likeness (QED) is 0.134. The van der Waals surface area contributed by atoms with Crippen LogP contribution in [-0.2, 0) is 10.8 Å². The van der Waals surface area contributed by atoms with E-state index in [0.717, 1.165) is 11.1 Å². The average Bonchev–Trinajstić information content (AvgIpc) is 2.98. The zero-order valence-corrected chi connectivity index (χ0v) is 26.4. The highest BCUT2D eigenvalue weighted by Gasteiger charge is 2.26. The summed E-state index contributed by atoms with van der Waals surface area (Å²) in [6, 6.07) is 24.3. The van der Waals surface area contributed by atoms with Crippen molar-refractivity contribution < 1.29 is 29.3 Å². The van der Waals surface area contributed by atoms with Crippen LogP contribution in [0.3, 0.4) is 0 Å². The lowest BCUT2D eigenvalue weighted by atomic mass is 9.84. The van der Waals surface area contributed by atoms with E-state index in [4.69, 9.17) is 9.47 Å². The van der Waals surface area contributed by atoms with E-state index in [0.29, 0.717) is 48.7 Å². The van der Waals surface area contributed by atoms with Crippen LogP contribution in [0.15, 0.2) is 84.9 Å². The van der Waals surface area contributed by atoms with Crippen molar-refractivity contribution in [3.63, 3.8) is 0 Å². The van der Waals surface area contributed by atoms with Crippen molar-refractivity contribution in [3.05, 3.63) is 118 Å². The Labute approximate surface area is 260 Å². The molecule has 0 saturated carbocycles. The highest BCUT2D eigenvalue weighted by molar-refractivity contribution is 6.11. The van der Waals surface area contributed by atoms with Crippen LogP contribution in [0.2, 0.25) is 0 Å². The Morgan fingerprint density at radius 1 is 0.568 bits per heavy atom. The first-order valence-electron chi connectivity index (χ1n) is 15.0. The summed E-state index contributed by atoms with van der Waals surface area (Å²) in [5, 5.41) is 21.5. The predicted octanol–water partition coefficient (Wildman–Crippen LogP) is 8.39. The fourth-order valence-electron chi connectivity index (χ4n) is 4.97. The topological polar surface area (TPSA) is 93.1 Å². The molecule has 0 unspecified atom stereocenters. The van der Waals surface area contributed by atoms with Gasteiger partial charge in [-0.25, -0.2) is 0 Å². The molecule has 0 aliphatic rings. The molecule has 0 saturated heterocycles. The van der Waals surface area contributed by atoms with Crippen molar-refractivity contribution in [3.8, 4) is 23.0 Å². The van der Waals surface area contributed by atoms with Crippen molar-refractivity contribution >= 4 is 11.6 Å². The molecule has 0 aliphatic heterocycles. The van der Waals surface area contributed by atoms with E-state index >= 15 is 0 Å². The molecular weight excluding hydrogens is 552 g/mol. The van der Waals surface area contributed by atoms with Crippen molar-refractivity contribution in [2.24, 2.45) is 0 Å². The third-order valence-corrected chi connectivity index (χ3v) is 7.43. The van der Waals surface area contributed by atoms with E-state index in [1.54, 1.807) is 60.7 Å². The number of hydrogen-bond acceptors (Lipinski definition) is 6. The standard InChI is InChI=1S/C38H42O6/c1-37(2,3)29-21-27(35(41)25-15-9-7-10-16-25)31(39)23-33(29)43-19-13-14-20-44-34-24-32(40)28(22-30(34)38(4,5)6)36(42)26-17-11-8-12-18-26/h7-12,15-18,21-24,39-40H,13-14,19-20H2,1-6H3. The van der Waals surface area contributed by atoms with Crippen LogP contribution in [0, 0.1) is 0 Å². The van der Waals surface area contributed by atoms with Gasteiger partial charge in [-0.15, -0.1) is 0 Å². The fraction of sp³-hybridized carbons (Fsp3) is 0.316. The maximum Gasteiger partial charge on any atom is 0.196 e. The second kappa shape index (κ2) is 13.4. The summed E-state index contributed by atoms with van der Waals surface area (Å²) in [6.07, 6.45) is 1.35. The molecule has 4 aromatic carbocycles. The average molecular weight is 595 g/mol. The first-order valence-corrected chi connectivity index (χ1v) is 15.0. The number of carbonyl (C=O) groups excluding carboxylic acids is 2. The molecule has 0 spiro atoms. The lowest BCUT2D eigenvalue weighted by Crippen LogP contribution is -2.16. The van der Waals surface area contributed by atoms with E-state index in [1.807, 2.05) is 53.7 Å². The molecule has 0 radical (unpaired) electrons. The Kier molecular flexibility index (Phi) is 9.83. The monoisotopic (exact) mass is 594 g/mol. The molecule has 0 atom stereocenters. The smallest absolute Gasteiger partial charge is 0.196 e. The van der Waals surface area contributed by atoms with Crippen LogP contribution in [0.25, 0.3) is 0 Å². The van der Waals surface area contributed by atoms with E-state index < -0.39 is 0 Å². The van der Waals surface area contributed by atoms with E-state index in [9.17, 15) is 19.8 Å². The molecule has 2 N–H and O–H groups in total. The molecule has 0 fully saturated rings. The SMILES string of the molecule is CC(C)(C)c1cc(C(=O)c2ccccc2)c(O)cc1OCCCCOc1cc(O)c(C(=O)c2ccccc2)cc1C(C)(C)C. The molecule has 0 heterocycles. The first-order chi connectivity index (χ1) is 20.8. The van der Waals surface area contributed by atoms with Crippen LogP contribution < -0.4 is 9.47 Å². The van der Waals surface area contributed by atoms with Gasteiger partial charge < -0.3 is 19.7 Å². The largest absolute Gasteiger partial charge is 0.507 e. The van der Waals surface area contributed by atoms with E-state index in [1.165, 1.54) is 12.1 Å². The van der Waals surface area contributed by atoms with Gasteiger partial charge in [-0.2, -0.15) is 0 Å². The van der Waals surface area contributed by atoms with Gasteiger partial charge in [-0.1, -0.05) is 102 Å². The summed E-state index contributed by atoms with van der Waals surface area (Å²) in [5.41, 5.74) is 2.54. The van der Waals surface area contributed by atoms with Gasteiger partial charge >= 0.3 is 0 Å². The molecule has 0 aliphatic carbocycles. The number of carbonyl (C=O) groups is 2. The van der Waals surface area contributed by atoms with Crippen LogP contribution in [-0.4, -0.2) is 35.0 Å². The highest BCUT2D eigenvalue weighted by atomic mass is 16.5. The van der Waals surface area contributed by atoms with Gasteiger partial charge in [0.15, 0.2) is 11.6 Å². The zero-order chi connectivity index (χ0) is 32.1. The molecular formula is C38H42O6. The van der Waals surface area contributed by atoms with Crippen molar-refractivity contribution in [2.75, 3.05) is 13.2 Å². The maximum absolute atomic E-state index is 13.1. The number of ether oxygens (including phenoxy) is 2. The van der Waals surface area contributed by atoms with E-state index in [-0.39, 0.29) is 45.0 Å². The highest BCUT2D eigenvalue weighted by Crippen LogP contribution is 2.39. The summed E-state index contributed by atoms with van der Waals surface area (Å²) in [5.74, 6) is 0.368. The second-order valence-corrected chi connectivity index (χ2v) is 13.0. The molecule has 0 amide bonds. The lowest BCUT2D eigenvalue weighted by molar-refractivity contribution is 0.102. The van der Waals surface area contributed by atoms with Crippen LogP contribution in [0.4, 0.5) is 0 Å². The molecule has 44 heavy (non-hydrogen) atoms. The van der Waals surface area contributed by atoms with Crippen molar-refractivity contribution in [2.45, 2.75) is 65.2 Å². The number of rotatable bonds is 11. The van der Waals surface area contributed by atoms with Crippen LogP contribution in [0.5, 0.6) is 23.0 Å². The Morgan fingerprint density at radius 3 is 1.23 bits per heavy atom. The molecule has 6 nitrogen and oxygen atoms in total. The van der Waals surface area contributed by atoms with Crippen LogP contribution in [0.1, 0.15) is 97.4 Å². The first kappa shape index (κ1) is 32.3. The van der Waals surface area contributed by atoms with Gasteiger partial charge in [-0.05, 0) is 35.8 Å². The van der Waals surface area contributed by atoms with Crippen LogP contribution >= 0.6 is 0 Å². The minimum Gasteiger partial charge on any atom is -0.507 e. The van der Waals surface area contributed by atoms with Crippen molar-refractivity contribution in [1.29, 1.82) is 0 Å². The third-order valence-electron chi connectivity index (χ3n) is 7.43. The number of aromatic hydroxyl groups is 2. The summed E-state index contributed by atoms with van der Waals surface area (Å²) in [4.78, 5) is 26.2. The summed E-state index contributed by atoms with van der Waals surface area (Å²) in [7, 11) is 0. The van der Waals surface area contributed by atoms with Gasteiger partial charge in [0.25, 0.3) is 0 Å². The number of benzene rings is 4. The number of unbranched alkanes of at least 4 members (excludes halogenated alkanes) is 1. The summed E-state index contributed by atoms with van der Waals surface area (Å²) >= 11 is 0. The number of phenolic OH excluding ortho intramolecular Hbond substituents is 2. The molecule has 4 rings (SSSR count). The zero-order valence-electron chi connectivity index (χ0n) is 26.4. The normalized spacial score (nSPS) is 11.7. The molecule has 6 heteroatoms. The Hall–Kier alpha value is -4.58. The van der Waals surface area contributed by atoms with Gasteiger partial charge in [0.05, 0.1) is 24.3 Å². The Balaban J connectivity index is 1.41. The summed E-state index contributed by atoms with van der Waals surface area (Å²) < 4.78 is 12.2. The van der Waals surface area contributed by atoms with Gasteiger partial charge in [-0.3, -0.25) is 9.59 Å². The number of hydrogen-bond donors (Lipinski definition) is 2. The van der Waals surface area contributed by atoms with E-state index in [2.05, 4.69) is 0 Å². The van der Waals surface area contributed by atoms with Gasteiger partial charge in [0.1, 0.15) is 23.0 Å². The van der Waals surface area contributed by atoms with Gasteiger partial charge in [0.2, 0.25) is 0 Å². The Morgan fingerprint density at radius 2 is 0.909 bits per heavy atom. The van der Waals surface area contributed by atoms with Crippen molar-refractivity contribution in [1.82, 2.24) is 0 Å². The second-order valence-electron chi connectivity index (χ2n) is 13.0. The molecule has 0 aromatic heterocycles. The molecule has 4 aromatic rings. The van der Waals surface area contributed by atoms with Gasteiger partial charge in [0, 0.05) is 34.4 Å². The predicted molar refractivity (Wildman–Crippen MR) is 174 cm³/mol. The number of phenols is 2. The fourth-order valence-corrected chi connectivity index (χ4v) is 4.97. The lowest BCUT2D eigenvalue weighted by Gasteiger charge is -2.25. The molecule has 0 bridgehead atoms. The maximum atomic E-state index is 13.1. The molecule has 230 valence electrons. The minimum absolute atomic E-state index is 0.117. The Bertz CT molecular complexity index is 1490. The number of ketones is 2. The third kappa shape index (κ3) is 7.67.